The highest BCUT2D eigenvalue weighted by atomic mass is 16.6. The minimum atomic E-state index is -0.677. The number of non-ortho nitro benzene ring substituents is 1. The third kappa shape index (κ3) is 3.74. The Hall–Kier alpha value is -2.51. The van der Waals surface area contributed by atoms with Crippen molar-refractivity contribution in [1.29, 1.82) is 0 Å². The largest absolute Gasteiger partial charge is 0.301 e. The molecule has 20 heavy (non-hydrogen) atoms. The standard InChI is InChI=1S/C12H16N4O4/c1-4-8(2)9(3)13-14-11-6-5-10(15(17)18)7-12(11)16(19)20/h5-8,14H,4H2,1-3H3/b13-9-. The number of rotatable bonds is 6. The Balaban J connectivity index is 3.07. The van der Waals surface area contributed by atoms with Crippen LogP contribution in [0.1, 0.15) is 27.2 Å². The highest BCUT2D eigenvalue weighted by molar-refractivity contribution is 5.85. The maximum Gasteiger partial charge on any atom is 0.301 e. The van der Waals surface area contributed by atoms with Gasteiger partial charge in [-0.2, -0.15) is 5.10 Å². The van der Waals surface area contributed by atoms with Crippen LogP contribution < -0.4 is 5.43 Å². The summed E-state index contributed by atoms with van der Waals surface area (Å²) in [5.41, 5.74) is 2.83. The molecule has 1 rings (SSSR count). The molecule has 0 bridgehead atoms. The summed E-state index contributed by atoms with van der Waals surface area (Å²) in [7, 11) is 0. The summed E-state index contributed by atoms with van der Waals surface area (Å²) in [5.74, 6) is 0.250. The number of benzene rings is 1. The highest BCUT2D eigenvalue weighted by Gasteiger charge is 2.19. The van der Waals surface area contributed by atoms with Crippen LogP contribution in [0.25, 0.3) is 0 Å². The Morgan fingerprint density at radius 3 is 2.50 bits per heavy atom. The number of anilines is 1. The summed E-state index contributed by atoms with van der Waals surface area (Å²) < 4.78 is 0. The average Bonchev–Trinajstić information content (AvgIpc) is 2.43. The topological polar surface area (TPSA) is 111 Å². The van der Waals surface area contributed by atoms with E-state index in [4.69, 9.17) is 0 Å². The predicted molar refractivity (Wildman–Crippen MR) is 75.9 cm³/mol. The van der Waals surface area contributed by atoms with Gasteiger partial charge in [-0.1, -0.05) is 13.8 Å². The van der Waals surface area contributed by atoms with Gasteiger partial charge in [-0.15, -0.1) is 0 Å². The SMILES string of the molecule is CCC(C)/C(C)=N\Nc1ccc([N+](=O)[O-])cc1[N+](=O)[O-]. The van der Waals surface area contributed by atoms with Crippen molar-refractivity contribution >= 4 is 22.8 Å². The number of nitro groups is 2. The van der Waals surface area contributed by atoms with Gasteiger partial charge >= 0.3 is 5.69 Å². The second-order valence-electron chi connectivity index (χ2n) is 4.39. The Bertz CT molecular complexity index is 556. The van der Waals surface area contributed by atoms with Crippen molar-refractivity contribution < 1.29 is 9.85 Å². The predicted octanol–water partition coefficient (Wildman–Crippen LogP) is 3.34. The van der Waals surface area contributed by atoms with Crippen molar-refractivity contribution in [3.8, 4) is 0 Å². The van der Waals surface area contributed by atoms with E-state index in [1.807, 2.05) is 20.8 Å². The van der Waals surface area contributed by atoms with E-state index in [0.29, 0.717) is 0 Å². The summed E-state index contributed by atoms with van der Waals surface area (Å²) in [6.45, 7) is 5.82. The number of nitrogens with zero attached hydrogens (tertiary/aromatic N) is 3. The minimum Gasteiger partial charge on any atom is -0.272 e. The minimum absolute atomic E-state index is 0.128. The Kier molecular flexibility index (Phi) is 5.13. The van der Waals surface area contributed by atoms with Crippen molar-refractivity contribution in [3.05, 3.63) is 38.4 Å². The van der Waals surface area contributed by atoms with Crippen LogP contribution in [0.2, 0.25) is 0 Å². The van der Waals surface area contributed by atoms with Gasteiger partial charge in [0.25, 0.3) is 5.69 Å². The number of hydrazone groups is 1. The maximum atomic E-state index is 10.9. The van der Waals surface area contributed by atoms with E-state index in [2.05, 4.69) is 10.5 Å². The highest BCUT2D eigenvalue weighted by Crippen LogP contribution is 2.29. The molecule has 0 fully saturated rings. The van der Waals surface area contributed by atoms with Crippen LogP contribution in [0.5, 0.6) is 0 Å². The number of hydrogen-bond donors (Lipinski definition) is 1. The molecule has 0 aromatic heterocycles. The fourth-order valence-electron chi connectivity index (χ4n) is 1.43. The molecule has 8 nitrogen and oxygen atoms in total. The molecule has 1 atom stereocenters. The summed E-state index contributed by atoms with van der Waals surface area (Å²) in [6, 6.07) is 3.39. The molecule has 1 aromatic carbocycles. The van der Waals surface area contributed by atoms with E-state index in [-0.39, 0.29) is 23.0 Å². The zero-order chi connectivity index (χ0) is 15.3. The average molecular weight is 280 g/mol. The summed E-state index contributed by atoms with van der Waals surface area (Å²) in [5, 5.41) is 25.6. The molecular weight excluding hydrogens is 264 g/mol. The Morgan fingerprint density at radius 2 is 2.00 bits per heavy atom. The monoisotopic (exact) mass is 280 g/mol. The lowest BCUT2D eigenvalue weighted by Crippen LogP contribution is -2.08. The molecule has 1 aromatic rings. The van der Waals surface area contributed by atoms with Gasteiger partial charge in [0.05, 0.1) is 15.9 Å². The molecule has 0 amide bonds. The van der Waals surface area contributed by atoms with Gasteiger partial charge in [-0.25, -0.2) is 0 Å². The fraction of sp³-hybridized carbons (Fsp3) is 0.417. The van der Waals surface area contributed by atoms with Crippen LogP contribution >= 0.6 is 0 Å². The van der Waals surface area contributed by atoms with Gasteiger partial charge in [0, 0.05) is 11.8 Å². The quantitative estimate of drug-likeness (QED) is 0.488. The Labute approximate surface area is 115 Å². The van der Waals surface area contributed by atoms with Crippen molar-refractivity contribution in [2.75, 3.05) is 5.43 Å². The smallest absolute Gasteiger partial charge is 0.272 e. The lowest BCUT2D eigenvalue weighted by Gasteiger charge is -2.08. The van der Waals surface area contributed by atoms with Gasteiger partial charge in [0.2, 0.25) is 0 Å². The first-order valence-corrected chi connectivity index (χ1v) is 6.09. The first-order valence-electron chi connectivity index (χ1n) is 6.09. The van der Waals surface area contributed by atoms with Gasteiger partial charge in [0.15, 0.2) is 0 Å². The van der Waals surface area contributed by atoms with Crippen molar-refractivity contribution in [2.45, 2.75) is 27.2 Å². The van der Waals surface area contributed by atoms with Crippen LogP contribution in [-0.4, -0.2) is 15.6 Å². The fourth-order valence-corrected chi connectivity index (χ4v) is 1.43. The van der Waals surface area contributed by atoms with Gasteiger partial charge in [-0.05, 0) is 25.3 Å². The van der Waals surface area contributed by atoms with Crippen LogP contribution in [0.4, 0.5) is 17.1 Å². The normalized spacial score (nSPS) is 12.8. The van der Waals surface area contributed by atoms with Crippen molar-refractivity contribution in [3.63, 3.8) is 0 Å². The molecule has 1 N–H and O–H groups in total. The van der Waals surface area contributed by atoms with E-state index in [9.17, 15) is 20.2 Å². The van der Waals surface area contributed by atoms with Crippen LogP contribution in [-0.2, 0) is 0 Å². The molecule has 108 valence electrons. The number of nitro benzene ring substituents is 2. The molecule has 0 aliphatic carbocycles. The van der Waals surface area contributed by atoms with E-state index in [1.165, 1.54) is 12.1 Å². The van der Waals surface area contributed by atoms with E-state index >= 15 is 0 Å². The van der Waals surface area contributed by atoms with E-state index in [1.54, 1.807) is 0 Å². The molecule has 0 aliphatic heterocycles. The van der Waals surface area contributed by atoms with E-state index < -0.39 is 9.85 Å². The van der Waals surface area contributed by atoms with Crippen molar-refractivity contribution in [2.24, 2.45) is 11.0 Å². The van der Waals surface area contributed by atoms with Gasteiger partial charge in [-0.3, -0.25) is 25.7 Å². The first-order chi connectivity index (χ1) is 9.36. The lowest BCUT2D eigenvalue weighted by atomic mass is 10.1. The molecule has 0 spiro atoms. The lowest BCUT2D eigenvalue weighted by molar-refractivity contribution is -0.393. The van der Waals surface area contributed by atoms with Crippen molar-refractivity contribution in [1.82, 2.24) is 0 Å². The van der Waals surface area contributed by atoms with Gasteiger partial charge < -0.3 is 0 Å². The second-order valence-corrected chi connectivity index (χ2v) is 4.39. The number of nitrogens with one attached hydrogen (secondary N) is 1. The van der Waals surface area contributed by atoms with Crippen LogP contribution in [0, 0.1) is 26.1 Å². The molecular formula is C12H16N4O4. The molecule has 0 aliphatic rings. The van der Waals surface area contributed by atoms with Gasteiger partial charge in [0.1, 0.15) is 5.69 Å². The third-order valence-electron chi connectivity index (χ3n) is 3.07. The second kappa shape index (κ2) is 6.60. The molecule has 8 heteroatoms. The van der Waals surface area contributed by atoms with Crippen LogP contribution in [0.3, 0.4) is 0 Å². The molecule has 0 saturated heterocycles. The molecule has 0 radical (unpaired) electrons. The number of hydrogen-bond acceptors (Lipinski definition) is 6. The summed E-state index contributed by atoms with van der Waals surface area (Å²) in [4.78, 5) is 20.2. The molecule has 0 heterocycles. The Morgan fingerprint density at radius 1 is 1.35 bits per heavy atom. The zero-order valence-electron chi connectivity index (χ0n) is 11.5. The summed E-state index contributed by atoms with van der Waals surface area (Å²) in [6.07, 6.45) is 0.902. The van der Waals surface area contributed by atoms with Crippen LogP contribution in [0.15, 0.2) is 23.3 Å². The molecule has 1 unspecified atom stereocenters. The first kappa shape index (κ1) is 15.5. The summed E-state index contributed by atoms with van der Waals surface area (Å²) >= 11 is 0. The zero-order valence-corrected chi connectivity index (χ0v) is 11.5. The maximum absolute atomic E-state index is 10.9. The third-order valence-corrected chi connectivity index (χ3v) is 3.07. The molecule has 0 saturated carbocycles. The van der Waals surface area contributed by atoms with E-state index in [0.717, 1.165) is 18.2 Å².